The normalized spacial score (nSPS) is 13.0. The number of halogens is 2. The lowest BCUT2D eigenvalue weighted by Crippen LogP contribution is -2.42. The summed E-state index contributed by atoms with van der Waals surface area (Å²) in [6.07, 6.45) is 6.51. The van der Waals surface area contributed by atoms with Gasteiger partial charge in [0.2, 0.25) is 0 Å². The van der Waals surface area contributed by atoms with E-state index in [-0.39, 0.29) is 41.6 Å². The molecule has 7 nitrogen and oxygen atoms in total. The molecule has 0 saturated heterocycles. The molecule has 0 fully saturated rings. The quantitative estimate of drug-likeness (QED) is 0.339. The van der Waals surface area contributed by atoms with Gasteiger partial charge in [0.15, 0.2) is 5.96 Å². The number of guanidine groups is 1. The number of benzene rings is 1. The average Bonchev–Trinajstić information content (AvgIpc) is 3.10. The number of rotatable bonds is 7. The minimum Gasteiger partial charge on any atom is -0.354 e. The van der Waals surface area contributed by atoms with Gasteiger partial charge in [-0.2, -0.15) is 0 Å². The number of hydrogen-bond donors (Lipinski definition) is 2. The number of hydrogen-bond acceptors (Lipinski definition) is 4. The second-order valence-electron chi connectivity index (χ2n) is 6.15. The number of aromatic nitrogens is 2. The molecular formula is C17H25FIN5O2S. The lowest BCUT2D eigenvalue weighted by molar-refractivity contribution is 0.581. The molecule has 1 atom stereocenters. The van der Waals surface area contributed by atoms with Crippen LogP contribution in [0.4, 0.5) is 4.39 Å². The molecule has 0 saturated carbocycles. The first kappa shape index (κ1) is 23.3. The Morgan fingerprint density at radius 1 is 1.41 bits per heavy atom. The van der Waals surface area contributed by atoms with E-state index >= 15 is 0 Å². The minimum absolute atomic E-state index is 0. The topological polar surface area (TPSA) is 88.4 Å². The van der Waals surface area contributed by atoms with E-state index in [4.69, 9.17) is 0 Å². The van der Waals surface area contributed by atoms with Crippen molar-refractivity contribution in [2.24, 2.45) is 4.99 Å². The minimum atomic E-state index is -2.99. The third-order valence-corrected chi connectivity index (χ3v) is 4.76. The Labute approximate surface area is 176 Å². The fourth-order valence-electron chi connectivity index (χ4n) is 2.35. The van der Waals surface area contributed by atoms with Crippen molar-refractivity contribution in [3.63, 3.8) is 0 Å². The summed E-state index contributed by atoms with van der Waals surface area (Å²) in [4.78, 5) is 8.02. The van der Waals surface area contributed by atoms with Gasteiger partial charge >= 0.3 is 0 Å². The Balaban J connectivity index is 0.00000364. The first-order valence-electron chi connectivity index (χ1n) is 8.20. The van der Waals surface area contributed by atoms with E-state index in [9.17, 15) is 12.8 Å². The van der Waals surface area contributed by atoms with E-state index in [2.05, 4.69) is 20.6 Å². The molecule has 2 rings (SSSR count). The van der Waals surface area contributed by atoms with Crippen LogP contribution < -0.4 is 10.6 Å². The van der Waals surface area contributed by atoms with E-state index in [1.54, 1.807) is 36.4 Å². The summed E-state index contributed by atoms with van der Waals surface area (Å²) in [6, 6.07) is 4.92. The molecule has 2 aromatic rings. The van der Waals surface area contributed by atoms with Crippen LogP contribution >= 0.6 is 24.0 Å². The standard InChI is InChI=1S/C17H24FN5O2S.HI/c1-13(6-9-26(3,24)25)22-17(19-2)21-11-14-4-5-16(15(18)10-14)23-8-7-20-12-23;/h4-5,7-8,10,12-13H,6,9,11H2,1-3H3,(H2,19,21,22);1H. The molecule has 1 heterocycles. The molecule has 0 bridgehead atoms. The molecule has 0 aliphatic heterocycles. The maximum Gasteiger partial charge on any atom is 0.191 e. The van der Waals surface area contributed by atoms with Crippen molar-refractivity contribution in [3.8, 4) is 5.69 Å². The Hall–Kier alpha value is -1.69. The summed E-state index contributed by atoms with van der Waals surface area (Å²) >= 11 is 0. The van der Waals surface area contributed by atoms with Crippen LogP contribution in [-0.2, 0) is 16.4 Å². The smallest absolute Gasteiger partial charge is 0.191 e. The van der Waals surface area contributed by atoms with Crippen LogP contribution in [0, 0.1) is 5.82 Å². The van der Waals surface area contributed by atoms with Crippen molar-refractivity contribution in [1.82, 2.24) is 20.2 Å². The predicted molar refractivity (Wildman–Crippen MR) is 116 cm³/mol. The van der Waals surface area contributed by atoms with Crippen molar-refractivity contribution in [2.45, 2.75) is 25.9 Å². The predicted octanol–water partition coefficient (Wildman–Crippen LogP) is 2.12. The molecule has 0 aliphatic rings. The third-order valence-electron chi connectivity index (χ3n) is 3.78. The summed E-state index contributed by atoms with van der Waals surface area (Å²) in [5.74, 6) is 0.302. The first-order valence-corrected chi connectivity index (χ1v) is 10.3. The second kappa shape index (κ2) is 10.6. The number of aliphatic imine (C=N–C) groups is 1. The van der Waals surface area contributed by atoms with Crippen LogP contribution in [0.3, 0.4) is 0 Å². The van der Waals surface area contributed by atoms with E-state index in [1.165, 1.54) is 12.3 Å². The van der Waals surface area contributed by atoms with Crippen molar-refractivity contribution in [2.75, 3.05) is 19.1 Å². The van der Waals surface area contributed by atoms with Gasteiger partial charge in [-0.25, -0.2) is 17.8 Å². The van der Waals surface area contributed by atoms with Gasteiger partial charge in [-0.1, -0.05) is 6.07 Å². The van der Waals surface area contributed by atoms with Crippen molar-refractivity contribution in [3.05, 3.63) is 48.3 Å². The van der Waals surface area contributed by atoms with Gasteiger partial charge in [0.05, 0.1) is 17.8 Å². The van der Waals surface area contributed by atoms with E-state index in [0.29, 0.717) is 24.6 Å². The first-order chi connectivity index (χ1) is 12.3. The lowest BCUT2D eigenvalue weighted by Gasteiger charge is -2.18. The molecule has 0 spiro atoms. The van der Waals surface area contributed by atoms with Gasteiger partial charge in [0.25, 0.3) is 0 Å². The molecule has 1 aromatic heterocycles. The lowest BCUT2D eigenvalue weighted by atomic mass is 10.2. The van der Waals surface area contributed by atoms with Crippen LogP contribution in [0.25, 0.3) is 5.69 Å². The zero-order valence-corrected chi connectivity index (χ0v) is 18.7. The summed E-state index contributed by atoms with van der Waals surface area (Å²) in [7, 11) is -1.37. The summed E-state index contributed by atoms with van der Waals surface area (Å²) in [5, 5.41) is 6.23. The second-order valence-corrected chi connectivity index (χ2v) is 8.41. The number of nitrogens with one attached hydrogen (secondary N) is 2. The molecule has 0 amide bonds. The maximum atomic E-state index is 14.3. The number of nitrogens with zero attached hydrogens (tertiary/aromatic N) is 3. The molecule has 0 radical (unpaired) electrons. The largest absolute Gasteiger partial charge is 0.354 e. The molecule has 0 aliphatic carbocycles. The average molecular weight is 509 g/mol. The van der Waals surface area contributed by atoms with Gasteiger partial charge in [-0.15, -0.1) is 24.0 Å². The molecule has 10 heteroatoms. The Morgan fingerprint density at radius 3 is 2.70 bits per heavy atom. The Kier molecular flexibility index (Phi) is 9.16. The zero-order chi connectivity index (χ0) is 19.2. The van der Waals surface area contributed by atoms with Crippen LogP contribution in [0.5, 0.6) is 0 Å². The van der Waals surface area contributed by atoms with Gasteiger partial charge in [-0.05, 0) is 31.0 Å². The summed E-state index contributed by atoms with van der Waals surface area (Å²) in [5.41, 5.74) is 1.20. The van der Waals surface area contributed by atoms with Crippen LogP contribution in [0.1, 0.15) is 18.9 Å². The Morgan fingerprint density at radius 2 is 2.15 bits per heavy atom. The fourth-order valence-corrected chi connectivity index (χ4v) is 3.13. The number of sulfone groups is 1. The molecule has 27 heavy (non-hydrogen) atoms. The fraction of sp³-hybridized carbons (Fsp3) is 0.412. The highest BCUT2D eigenvalue weighted by Crippen LogP contribution is 2.14. The molecular weight excluding hydrogens is 484 g/mol. The van der Waals surface area contributed by atoms with Gasteiger partial charge in [0.1, 0.15) is 15.7 Å². The Bertz CT molecular complexity index is 856. The van der Waals surface area contributed by atoms with Crippen molar-refractivity contribution < 1.29 is 12.8 Å². The van der Waals surface area contributed by atoms with Crippen molar-refractivity contribution in [1.29, 1.82) is 0 Å². The molecule has 150 valence electrons. The summed E-state index contributed by atoms with van der Waals surface area (Å²) < 4.78 is 38.3. The third kappa shape index (κ3) is 7.83. The van der Waals surface area contributed by atoms with E-state index in [0.717, 1.165) is 5.56 Å². The molecule has 1 unspecified atom stereocenters. The maximum absolute atomic E-state index is 14.3. The number of imidazole rings is 1. The van der Waals surface area contributed by atoms with Gasteiger partial charge in [-0.3, -0.25) is 4.99 Å². The molecule has 2 N–H and O–H groups in total. The highest BCUT2D eigenvalue weighted by molar-refractivity contribution is 14.0. The van der Waals surface area contributed by atoms with Crippen molar-refractivity contribution >= 4 is 39.8 Å². The SMILES string of the molecule is CN=C(NCc1ccc(-n2ccnc2)c(F)c1)NC(C)CCS(C)(=O)=O.I. The van der Waals surface area contributed by atoms with E-state index < -0.39 is 9.84 Å². The van der Waals surface area contributed by atoms with Crippen LogP contribution in [0.15, 0.2) is 41.9 Å². The molecule has 1 aromatic carbocycles. The van der Waals surface area contributed by atoms with Gasteiger partial charge in [0, 0.05) is 38.3 Å². The highest BCUT2D eigenvalue weighted by atomic mass is 127. The monoisotopic (exact) mass is 509 g/mol. The zero-order valence-electron chi connectivity index (χ0n) is 15.5. The van der Waals surface area contributed by atoms with E-state index in [1.807, 2.05) is 13.0 Å². The highest BCUT2D eigenvalue weighted by Gasteiger charge is 2.10. The van der Waals surface area contributed by atoms with Crippen LogP contribution in [0.2, 0.25) is 0 Å². The van der Waals surface area contributed by atoms with Crippen LogP contribution in [-0.4, -0.2) is 49.0 Å². The summed E-state index contributed by atoms with van der Waals surface area (Å²) in [6.45, 7) is 2.28. The van der Waals surface area contributed by atoms with Gasteiger partial charge < -0.3 is 15.2 Å².